The maximum absolute atomic E-state index is 13.4. The van der Waals surface area contributed by atoms with Crippen LogP contribution in [-0.4, -0.2) is 24.6 Å². The van der Waals surface area contributed by atoms with E-state index in [1.165, 1.54) is 12.1 Å². The molecule has 1 rings (SSSR count). The maximum Gasteiger partial charge on any atom is 0.126 e. The van der Waals surface area contributed by atoms with Gasteiger partial charge in [-0.3, -0.25) is 0 Å². The minimum atomic E-state index is -0.380. The maximum atomic E-state index is 13.4. The summed E-state index contributed by atoms with van der Waals surface area (Å²) in [6.07, 6.45) is 0.521. The van der Waals surface area contributed by atoms with Crippen molar-refractivity contribution in [2.45, 2.75) is 19.4 Å². The molecule has 1 aromatic carbocycles. The van der Waals surface area contributed by atoms with Crippen LogP contribution in [0.15, 0.2) is 18.2 Å². The van der Waals surface area contributed by atoms with Gasteiger partial charge in [0.25, 0.3) is 0 Å². The van der Waals surface area contributed by atoms with Crippen LogP contribution in [0.4, 0.5) is 8.78 Å². The van der Waals surface area contributed by atoms with Gasteiger partial charge < -0.3 is 5.32 Å². The predicted octanol–water partition coefficient (Wildman–Crippen LogP) is 2.85. The Balaban J connectivity index is 2.65. The first kappa shape index (κ1) is 13.5. The van der Waals surface area contributed by atoms with Crippen molar-refractivity contribution in [3.05, 3.63) is 35.4 Å². The van der Waals surface area contributed by atoms with E-state index in [4.69, 9.17) is 0 Å². The van der Waals surface area contributed by atoms with Gasteiger partial charge in [-0.2, -0.15) is 11.8 Å². The largest absolute Gasteiger partial charge is 0.316 e. The van der Waals surface area contributed by atoms with Crippen LogP contribution in [-0.2, 0) is 6.42 Å². The van der Waals surface area contributed by atoms with E-state index in [0.29, 0.717) is 12.0 Å². The standard InChI is InChI=1S/C12H17F2NS/c1-3-16-8-11(15-2)7-9-6-10(13)4-5-12(9)14/h4-6,11,15H,3,7-8H2,1-2H3. The molecule has 0 saturated carbocycles. The molecular formula is C12H17F2NS. The van der Waals surface area contributed by atoms with Crippen LogP contribution in [0.3, 0.4) is 0 Å². The second-order valence-corrected chi connectivity index (χ2v) is 4.90. The number of benzene rings is 1. The smallest absolute Gasteiger partial charge is 0.126 e. The highest BCUT2D eigenvalue weighted by Gasteiger charge is 2.11. The summed E-state index contributed by atoms with van der Waals surface area (Å²) in [6.45, 7) is 2.08. The molecule has 1 N–H and O–H groups in total. The third-order valence-corrected chi connectivity index (χ3v) is 3.45. The summed E-state index contributed by atoms with van der Waals surface area (Å²) in [5.41, 5.74) is 0.441. The number of halogens is 2. The topological polar surface area (TPSA) is 12.0 Å². The molecule has 0 saturated heterocycles. The number of nitrogens with one attached hydrogen (secondary N) is 1. The van der Waals surface area contributed by atoms with Crippen LogP contribution in [0.25, 0.3) is 0 Å². The molecule has 0 spiro atoms. The molecule has 0 fully saturated rings. The molecule has 0 amide bonds. The average Bonchev–Trinajstić information content (AvgIpc) is 2.28. The lowest BCUT2D eigenvalue weighted by atomic mass is 10.1. The number of rotatable bonds is 6. The normalized spacial score (nSPS) is 12.8. The van der Waals surface area contributed by atoms with Crippen molar-refractivity contribution in [3.63, 3.8) is 0 Å². The molecule has 0 aliphatic heterocycles. The van der Waals surface area contributed by atoms with E-state index >= 15 is 0 Å². The molecule has 1 unspecified atom stereocenters. The first-order chi connectivity index (χ1) is 7.67. The van der Waals surface area contributed by atoms with Crippen molar-refractivity contribution in [2.75, 3.05) is 18.6 Å². The van der Waals surface area contributed by atoms with Gasteiger partial charge in [0.05, 0.1) is 0 Å². The van der Waals surface area contributed by atoms with Crippen molar-refractivity contribution in [1.82, 2.24) is 5.32 Å². The van der Waals surface area contributed by atoms with E-state index in [1.807, 2.05) is 7.05 Å². The fraction of sp³-hybridized carbons (Fsp3) is 0.500. The Kier molecular flexibility index (Phi) is 5.77. The fourth-order valence-electron chi connectivity index (χ4n) is 1.47. The summed E-state index contributed by atoms with van der Waals surface area (Å²) in [6, 6.07) is 3.79. The second kappa shape index (κ2) is 6.86. The van der Waals surface area contributed by atoms with Crippen LogP contribution >= 0.6 is 11.8 Å². The zero-order valence-corrected chi connectivity index (χ0v) is 10.4. The molecule has 1 aromatic rings. The molecular weight excluding hydrogens is 228 g/mol. The second-order valence-electron chi connectivity index (χ2n) is 3.58. The molecule has 1 atom stereocenters. The first-order valence-electron chi connectivity index (χ1n) is 5.36. The molecule has 4 heteroatoms. The van der Waals surface area contributed by atoms with Gasteiger partial charge in [0.15, 0.2) is 0 Å². The monoisotopic (exact) mass is 245 g/mol. The summed E-state index contributed by atoms with van der Waals surface area (Å²) in [5.74, 6) is 1.23. The van der Waals surface area contributed by atoms with Crippen LogP contribution < -0.4 is 5.32 Å². The van der Waals surface area contributed by atoms with Crippen molar-refractivity contribution < 1.29 is 8.78 Å². The molecule has 0 aliphatic carbocycles. The molecule has 0 aliphatic rings. The van der Waals surface area contributed by atoms with Gasteiger partial charge in [-0.05, 0) is 43.0 Å². The van der Waals surface area contributed by atoms with Gasteiger partial charge in [-0.15, -0.1) is 0 Å². The minimum Gasteiger partial charge on any atom is -0.316 e. The quantitative estimate of drug-likeness (QED) is 0.827. The Labute approximate surface area is 99.6 Å². The third-order valence-electron chi connectivity index (χ3n) is 2.41. The SMILES string of the molecule is CCSCC(Cc1cc(F)ccc1F)NC. The van der Waals surface area contributed by atoms with Crippen molar-refractivity contribution in [1.29, 1.82) is 0 Å². The molecule has 16 heavy (non-hydrogen) atoms. The zero-order chi connectivity index (χ0) is 12.0. The number of likely N-dealkylation sites (N-methyl/N-ethyl adjacent to an activating group) is 1. The number of thioether (sulfide) groups is 1. The third kappa shape index (κ3) is 4.10. The Morgan fingerprint density at radius 2 is 2.12 bits per heavy atom. The highest BCUT2D eigenvalue weighted by molar-refractivity contribution is 7.99. The average molecular weight is 245 g/mol. The van der Waals surface area contributed by atoms with Crippen LogP contribution in [0.2, 0.25) is 0 Å². The number of hydrogen-bond donors (Lipinski definition) is 1. The predicted molar refractivity (Wildman–Crippen MR) is 65.9 cm³/mol. The van der Waals surface area contributed by atoms with E-state index in [9.17, 15) is 8.78 Å². The summed E-state index contributed by atoms with van der Waals surface area (Å²) in [7, 11) is 1.85. The Morgan fingerprint density at radius 1 is 1.38 bits per heavy atom. The Hall–Kier alpha value is -0.610. The van der Waals surface area contributed by atoms with Crippen LogP contribution in [0, 0.1) is 11.6 Å². The van der Waals surface area contributed by atoms with E-state index in [1.54, 1.807) is 11.8 Å². The van der Waals surface area contributed by atoms with Gasteiger partial charge in [0.1, 0.15) is 11.6 Å². The fourth-order valence-corrected chi connectivity index (χ4v) is 2.27. The minimum absolute atomic E-state index is 0.182. The molecule has 0 radical (unpaired) electrons. The van der Waals surface area contributed by atoms with Gasteiger partial charge >= 0.3 is 0 Å². The molecule has 0 bridgehead atoms. The molecule has 90 valence electrons. The summed E-state index contributed by atoms with van der Waals surface area (Å²) < 4.78 is 26.3. The number of hydrogen-bond acceptors (Lipinski definition) is 2. The van der Waals surface area contributed by atoms with E-state index in [0.717, 1.165) is 17.6 Å². The van der Waals surface area contributed by atoms with E-state index in [-0.39, 0.29) is 17.7 Å². The summed E-state index contributed by atoms with van der Waals surface area (Å²) in [4.78, 5) is 0. The molecule has 1 nitrogen and oxygen atoms in total. The van der Waals surface area contributed by atoms with Gasteiger partial charge in [0, 0.05) is 11.8 Å². The highest BCUT2D eigenvalue weighted by Crippen LogP contribution is 2.14. The van der Waals surface area contributed by atoms with E-state index in [2.05, 4.69) is 12.2 Å². The lowest BCUT2D eigenvalue weighted by molar-refractivity contribution is 0.555. The van der Waals surface area contributed by atoms with Crippen molar-refractivity contribution in [2.24, 2.45) is 0 Å². The summed E-state index contributed by atoms with van der Waals surface area (Å²) in [5, 5.41) is 3.12. The van der Waals surface area contributed by atoms with Gasteiger partial charge in [-0.1, -0.05) is 6.92 Å². The first-order valence-corrected chi connectivity index (χ1v) is 6.51. The highest BCUT2D eigenvalue weighted by atomic mass is 32.2. The van der Waals surface area contributed by atoms with Crippen LogP contribution in [0.1, 0.15) is 12.5 Å². The van der Waals surface area contributed by atoms with Crippen molar-refractivity contribution >= 4 is 11.8 Å². The van der Waals surface area contributed by atoms with Crippen molar-refractivity contribution in [3.8, 4) is 0 Å². The lowest BCUT2D eigenvalue weighted by Crippen LogP contribution is -2.30. The van der Waals surface area contributed by atoms with E-state index < -0.39 is 0 Å². The Morgan fingerprint density at radius 3 is 2.75 bits per heavy atom. The summed E-state index contributed by atoms with van der Waals surface area (Å²) >= 11 is 1.79. The van der Waals surface area contributed by atoms with Gasteiger partial charge in [-0.25, -0.2) is 8.78 Å². The molecule has 0 heterocycles. The lowest BCUT2D eigenvalue weighted by Gasteiger charge is -2.15. The zero-order valence-electron chi connectivity index (χ0n) is 9.59. The van der Waals surface area contributed by atoms with Gasteiger partial charge in [0.2, 0.25) is 0 Å². The Bertz CT molecular complexity index is 331. The van der Waals surface area contributed by atoms with Crippen LogP contribution in [0.5, 0.6) is 0 Å². The molecule has 0 aromatic heterocycles.